The fourth-order valence-electron chi connectivity index (χ4n) is 2.76. The van der Waals surface area contributed by atoms with Crippen LogP contribution in [0.2, 0.25) is 0 Å². The Kier molecular flexibility index (Phi) is 4.40. The number of carbonyl (C=O) groups is 1. The van der Waals surface area contributed by atoms with E-state index in [9.17, 15) is 4.79 Å². The third-order valence-electron chi connectivity index (χ3n) is 3.88. The number of aryl methyl sites for hydroxylation is 1. The van der Waals surface area contributed by atoms with Crippen LogP contribution in [0.15, 0.2) is 18.2 Å². The van der Waals surface area contributed by atoms with Gasteiger partial charge < -0.3 is 11.1 Å². The van der Waals surface area contributed by atoms with Crippen molar-refractivity contribution in [3.05, 3.63) is 29.3 Å². The predicted molar refractivity (Wildman–Crippen MR) is 82.6 cm³/mol. The molecule has 1 aliphatic carbocycles. The quantitative estimate of drug-likeness (QED) is 0.833. The number of hydrogen-bond acceptors (Lipinski definition) is 3. The fraction of sp³-hybridized carbons (Fsp3) is 0.533. The van der Waals surface area contributed by atoms with E-state index in [0.717, 1.165) is 12.1 Å². The summed E-state index contributed by atoms with van der Waals surface area (Å²) < 4.78 is 0.241. The highest BCUT2D eigenvalue weighted by molar-refractivity contribution is 8.00. The van der Waals surface area contributed by atoms with Gasteiger partial charge >= 0.3 is 0 Å². The van der Waals surface area contributed by atoms with Gasteiger partial charge in [-0.25, -0.2) is 0 Å². The number of nitrogen functional groups attached to an aromatic ring is 1. The number of anilines is 1. The number of nitrogens with two attached hydrogens (primary N) is 1. The lowest BCUT2D eigenvalue weighted by molar-refractivity contribution is 0.0949. The fourth-order valence-corrected chi connectivity index (χ4v) is 3.67. The van der Waals surface area contributed by atoms with Crippen LogP contribution in [0.4, 0.5) is 5.69 Å². The molecule has 1 aromatic carbocycles. The molecule has 1 amide bonds. The summed E-state index contributed by atoms with van der Waals surface area (Å²) in [7, 11) is 0. The normalized spacial score (nSPS) is 17.4. The van der Waals surface area contributed by atoms with Gasteiger partial charge in [-0.15, -0.1) is 0 Å². The zero-order valence-corrected chi connectivity index (χ0v) is 12.5. The van der Waals surface area contributed by atoms with Crippen molar-refractivity contribution in [2.24, 2.45) is 0 Å². The smallest absolute Gasteiger partial charge is 0.251 e. The maximum atomic E-state index is 12.2. The Bertz CT molecular complexity index is 447. The van der Waals surface area contributed by atoms with Crippen molar-refractivity contribution in [2.45, 2.75) is 37.4 Å². The van der Waals surface area contributed by atoms with Crippen LogP contribution >= 0.6 is 11.8 Å². The van der Waals surface area contributed by atoms with Crippen LogP contribution in [-0.2, 0) is 0 Å². The molecule has 4 heteroatoms. The van der Waals surface area contributed by atoms with Gasteiger partial charge in [-0.3, -0.25) is 4.79 Å². The van der Waals surface area contributed by atoms with Gasteiger partial charge in [-0.2, -0.15) is 11.8 Å². The minimum atomic E-state index is -0.0178. The first kappa shape index (κ1) is 14.3. The summed E-state index contributed by atoms with van der Waals surface area (Å²) in [6.45, 7) is 2.70. The van der Waals surface area contributed by atoms with E-state index in [0.29, 0.717) is 11.3 Å². The molecule has 0 radical (unpaired) electrons. The molecule has 0 aromatic heterocycles. The van der Waals surface area contributed by atoms with Crippen molar-refractivity contribution in [1.29, 1.82) is 0 Å². The summed E-state index contributed by atoms with van der Waals surface area (Å²) in [5, 5.41) is 3.07. The van der Waals surface area contributed by atoms with E-state index in [4.69, 9.17) is 5.73 Å². The highest BCUT2D eigenvalue weighted by atomic mass is 32.2. The number of benzene rings is 1. The van der Waals surface area contributed by atoms with Gasteiger partial charge in [0, 0.05) is 22.5 Å². The molecule has 0 heterocycles. The molecule has 19 heavy (non-hydrogen) atoms. The lowest BCUT2D eigenvalue weighted by Crippen LogP contribution is -2.38. The molecule has 104 valence electrons. The van der Waals surface area contributed by atoms with Crippen molar-refractivity contribution in [2.75, 3.05) is 18.5 Å². The average Bonchev–Trinajstić information content (AvgIpc) is 2.84. The third kappa shape index (κ3) is 3.44. The second-order valence-electron chi connectivity index (χ2n) is 5.41. The van der Waals surface area contributed by atoms with E-state index in [1.165, 1.54) is 25.7 Å². The number of thioether (sulfide) groups is 1. The highest BCUT2D eigenvalue weighted by Gasteiger charge is 2.33. The van der Waals surface area contributed by atoms with Gasteiger partial charge in [-0.05, 0) is 49.8 Å². The molecule has 0 bridgehead atoms. The Hall–Kier alpha value is -1.16. The first-order chi connectivity index (χ1) is 9.04. The highest BCUT2D eigenvalue weighted by Crippen LogP contribution is 2.39. The Morgan fingerprint density at radius 3 is 2.63 bits per heavy atom. The molecule has 0 spiro atoms. The Labute approximate surface area is 119 Å². The van der Waals surface area contributed by atoms with Gasteiger partial charge in [0.2, 0.25) is 0 Å². The molecular formula is C15H22N2OS. The van der Waals surface area contributed by atoms with Crippen molar-refractivity contribution < 1.29 is 4.79 Å². The Balaban J connectivity index is 2.01. The average molecular weight is 278 g/mol. The SMILES string of the molecule is CSC1(CNC(=O)c2cc(C)cc(N)c2)CCCC1. The molecule has 1 saturated carbocycles. The van der Waals surface area contributed by atoms with Crippen LogP contribution in [0, 0.1) is 6.92 Å². The number of amides is 1. The van der Waals surface area contributed by atoms with E-state index in [-0.39, 0.29) is 10.7 Å². The van der Waals surface area contributed by atoms with Crippen LogP contribution in [-0.4, -0.2) is 23.5 Å². The van der Waals surface area contributed by atoms with Crippen LogP contribution < -0.4 is 11.1 Å². The first-order valence-electron chi connectivity index (χ1n) is 6.75. The number of nitrogens with one attached hydrogen (secondary N) is 1. The van der Waals surface area contributed by atoms with Crippen molar-refractivity contribution in [1.82, 2.24) is 5.32 Å². The molecule has 3 nitrogen and oxygen atoms in total. The molecule has 0 unspecified atom stereocenters. The lowest BCUT2D eigenvalue weighted by Gasteiger charge is -2.26. The number of carbonyl (C=O) groups excluding carboxylic acids is 1. The van der Waals surface area contributed by atoms with Gasteiger partial charge in [0.25, 0.3) is 5.91 Å². The largest absolute Gasteiger partial charge is 0.399 e. The summed E-state index contributed by atoms with van der Waals surface area (Å²) in [6, 6.07) is 5.49. The van der Waals surface area contributed by atoms with E-state index in [1.807, 2.05) is 30.8 Å². The van der Waals surface area contributed by atoms with Gasteiger partial charge in [-0.1, -0.05) is 12.8 Å². The standard InChI is InChI=1S/C15H22N2OS/c1-11-7-12(9-13(16)8-11)14(18)17-10-15(19-2)5-3-4-6-15/h7-9H,3-6,10,16H2,1-2H3,(H,17,18). The molecule has 1 aliphatic rings. The summed E-state index contributed by atoms with van der Waals surface area (Å²) in [4.78, 5) is 12.2. The number of hydrogen-bond donors (Lipinski definition) is 2. The maximum Gasteiger partial charge on any atom is 0.251 e. The van der Waals surface area contributed by atoms with E-state index >= 15 is 0 Å². The summed E-state index contributed by atoms with van der Waals surface area (Å²) >= 11 is 1.88. The first-order valence-corrected chi connectivity index (χ1v) is 7.98. The Morgan fingerprint density at radius 2 is 2.05 bits per heavy atom. The van der Waals surface area contributed by atoms with E-state index in [1.54, 1.807) is 6.07 Å². The monoisotopic (exact) mass is 278 g/mol. The van der Waals surface area contributed by atoms with Crippen LogP contribution in [0.5, 0.6) is 0 Å². The van der Waals surface area contributed by atoms with Crippen molar-refractivity contribution >= 4 is 23.4 Å². The van der Waals surface area contributed by atoms with Gasteiger partial charge in [0.05, 0.1) is 0 Å². The lowest BCUT2D eigenvalue weighted by atomic mass is 10.1. The molecule has 1 fully saturated rings. The van der Waals surface area contributed by atoms with Crippen LogP contribution in [0.1, 0.15) is 41.6 Å². The summed E-state index contributed by atoms with van der Waals surface area (Å²) in [5.41, 5.74) is 8.11. The van der Waals surface area contributed by atoms with E-state index in [2.05, 4.69) is 11.6 Å². The zero-order chi connectivity index (χ0) is 13.9. The second-order valence-corrected chi connectivity index (χ2v) is 6.68. The van der Waals surface area contributed by atoms with Crippen molar-refractivity contribution in [3.8, 4) is 0 Å². The summed E-state index contributed by atoms with van der Waals surface area (Å²) in [5.74, 6) is -0.0178. The Morgan fingerprint density at radius 1 is 1.37 bits per heavy atom. The molecule has 2 rings (SSSR count). The van der Waals surface area contributed by atoms with Crippen LogP contribution in [0.3, 0.4) is 0 Å². The van der Waals surface area contributed by atoms with Crippen molar-refractivity contribution in [3.63, 3.8) is 0 Å². The van der Waals surface area contributed by atoms with Gasteiger partial charge in [0.15, 0.2) is 0 Å². The second kappa shape index (κ2) is 5.87. The predicted octanol–water partition coefficient (Wildman–Crippen LogP) is 2.98. The molecule has 0 saturated heterocycles. The van der Waals surface area contributed by atoms with Gasteiger partial charge in [0.1, 0.15) is 0 Å². The van der Waals surface area contributed by atoms with E-state index < -0.39 is 0 Å². The molecule has 3 N–H and O–H groups in total. The zero-order valence-electron chi connectivity index (χ0n) is 11.7. The molecule has 0 atom stereocenters. The number of rotatable bonds is 4. The maximum absolute atomic E-state index is 12.2. The summed E-state index contributed by atoms with van der Waals surface area (Å²) in [6.07, 6.45) is 7.08. The molecule has 1 aromatic rings. The topological polar surface area (TPSA) is 55.1 Å². The molecular weight excluding hydrogens is 256 g/mol. The van der Waals surface area contributed by atoms with Crippen LogP contribution in [0.25, 0.3) is 0 Å². The third-order valence-corrected chi connectivity index (χ3v) is 5.30. The molecule has 0 aliphatic heterocycles. The minimum Gasteiger partial charge on any atom is -0.399 e. The minimum absolute atomic E-state index is 0.0178.